The zero-order valence-electron chi connectivity index (χ0n) is 9.38. The van der Waals surface area contributed by atoms with Gasteiger partial charge in [-0.15, -0.1) is 0 Å². The summed E-state index contributed by atoms with van der Waals surface area (Å²) in [5.41, 5.74) is -0.375. The van der Waals surface area contributed by atoms with Crippen molar-refractivity contribution in [1.29, 1.82) is 5.26 Å². The highest BCUT2D eigenvalue weighted by Crippen LogP contribution is 2.31. The van der Waals surface area contributed by atoms with Crippen molar-refractivity contribution in [2.75, 3.05) is 24.6 Å². The molecule has 18 heavy (non-hydrogen) atoms. The fraction of sp³-hybridized carbons (Fsp3) is 0.364. The number of para-hydroxylation sites is 1. The normalized spacial score (nSPS) is 19.3. The van der Waals surface area contributed by atoms with Gasteiger partial charge >= 0.3 is 5.69 Å². The maximum atomic E-state index is 13.5. The SMILES string of the molecule is N#CC1CN(c2cccc(F)c2[N+](=O)[O-])CCO1. The van der Waals surface area contributed by atoms with Crippen LogP contribution in [0.4, 0.5) is 15.8 Å². The molecule has 1 aromatic rings. The summed E-state index contributed by atoms with van der Waals surface area (Å²) in [7, 11) is 0. The smallest absolute Gasteiger partial charge is 0.327 e. The van der Waals surface area contributed by atoms with Crippen LogP contribution in [0.2, 0.25) is 0 Å². The number of nitrogens with zero attached hydrogens (tertiary/aromatic N) is 3. The predicted octanol–water partition coefficient (Wildman–Crippen LogP) is 1.46. The van der Waals surface area contributed by atoms with Crippen LogP contribution in [0.1, 0.15) is 0 Å². The lowest BCUT2D eigenvalue weighted by molar-refractivity contribution is -0.386. The van der Waals surface area contributed by atoms with Gasteiger partial charge in [-0.3, -0.25) is 10.1 Å². The molecule has 0 saturated carbocycles. The molecule has 1 fully saturated rings. The van der Waals surface area contributed by atoms with Crippen LogP contribution >= 0.6 is 0 Å². The van der Waals surface area contributed by atoms with Crippen LogP contribution in [0.25, 0.3) is 0 Å². The molecular weight excluding hydrogens is 241 g/mol. The quantitative estimate of drug-likeness (QED) is 0.587. The van der Waals surface area contributed by atoms with Crippen molar-refractivity contribution in [3.63, 3.8) is 0 Å². The first kappa shape index (κ1) is 12.3. The van der Waals surface area contributed by atoms with Crippen molar-refractivity contribution in [2.45, 2.75) is 6.10 Å². The maximum absolute atomic E-state index is 13.5. The molecule has 7 heteroatoms. The summed E-state index contributed by atoms with van der Waals surface area (Å²) in [6.45, 7) is 0.870. The van der Waals surface area contributed by atoms with Crippen molar-refractivity contribution in [1.82, 2.24) is 0 Å². The second-order valence-corrected chi connectivity index (χ2v) is 3.80. The molecule has 1 aromatic carbocycles. The monoisotopic (exact) mass is 251 g/mol. The zero-order chi connectivity index (χ0) is 13.1. The fourth-order valence-corrected chi connectivity index (χ4v) is 1.89. The molecule has 0 spiro atoms. The summed E-state index contributed by atoms with van der Waals surface area (Å²) in [6.07, 6.45) is -0.651. The van der Waals surface area contributed by atoms with Gasteiger partial charge in [-0.2, -0.15) is 9.65 Å². The molecule has 2 rings (SSSR count). The molecule has 0 amide bonds. The fourth-order valence-electron chi connectivity index (χ4n) is 1.89. The van der Waals surface area contributed by atoms with Gasteiger partial charge in [0.25, 0.3) is 0 Å². The lowest BCUT2D eigenvalue weighted by Gasteiger charge is -2.31. The van der Waals surface area contributed by atoms with E-state index in [4.69, 9.17) is 10.00 Å². The summed E-state index contributed by atoms with van der Waals surface area (Å²) in [5, 5.41) is 19.7. The molecule has 94 valence electrons. The number of hydrogen-bond acceptors (Lipinski definition) is 5. The van der Waals surface area contributed by atoms with E-state index in [0.717, 1.165) is 6.07 Å². The van der Waals surface area contributed by atoms with Crippen LogP contribution in [-0.2, 0) is 4.74 Å². The van der Waals surface area contributed by atoms with Crippen molar-refractivity contribution >= 4 is 11.4 Å². The molecule has 0 bridgehead atoms. The van der Waals surface area contributed by atoms with Crippen LogP contribution < -0.4 is 4.90 Å². The van der Waals surface area contributed by atoms with E-state index < -0.39 is 22.5 Å². The van der Waals surface area contributed by atoms with E-state index >= 15 is 0 Å². The van der Waals surface area contributed by atoms with Gasteiger partial charge in [0, 0.05) is 6.54 Å². The highest BCUT2D eigenvalue weighted by atomic mass is 19.1. The Morgan fingerprint density at radius 2 is 2.39 bits per heavy atom. The third kappa shape index (κ3) is 2.24. The van der Waals surface area contributed by atoms with E-state index in [1.165, 1.54) is 12.1 Å². The molecular formula is C11H10FN3O3. The molecule has 1 unspecified atom stereocenters. The van der Waals surface area contributed by atoms with Gasteiger partial charge in [0.1, 0.15) is 5.69 Å². The number of hydrogen-bond donors (Lipinski definition) is 0. The number of rotatable bonds is 2. The van der Waals surface area contributed by atoms with Gasteiger partial charge in [0.15, 0.2) is 6.10 Å². The second kappa shape index (κ2) is 4.98. The number of halogens is 1. The second-order valence-electron chi connectivity index (χ2n) is 3.80. The molecule has 0 radical (unpaired) electrons. The minimum absolute atomic E-state index is 0.184. The van der Waals surface area contributed by atoms with E-state index in [2.05, 4.69) is 0 Å². The van der Waals surface area contributed by atoms with Crippen LogP contribution in [0, 0.1) is 27.3 Å². The Morgan fingerprint density at radius 1 is 1.61 bits per heavy atom. The van der Waals surface area contributed by atoms with Gasteiger partial charge in [0.2, 0.25) is 5.82 Å². The van der Waals surface area contributed by atoms with Crippen molar-refractivity contribution in [3.8, 4) is 6.07 Å². The molecule has 1 aliphatic rings. The van der Waals surface area contributed by atoms with Crippen LogP contribution in [0.5, 0.6) is 0 Å². The molecule has 1 atom stereocenters. The highest BCUT2D eigenvalue weighted by Gasteiger charge is 2.28. The van der Waals surface area contributed by atoms with Crippen LogP contribution in [0.3, 0.4) is 0 Å². The molecule has 0 aromatic heterocycles. The van der Waals surface area contributed by atoms with Gasteiger partial charge in [-0.25, -0.2) is 0 Å². The maximum Gasteiger partial charge on any atom is 0.327 e. The number of nitriles is 1. The largest absolute Gasteiger partial charge is 0.360 e. The molecule has 6 nitrogen and oxygen atoms in total. The number of morpholine rings is 1. The zero-order valence-corrected chi connectivity index (χ0v) is 9.38. The molecule has 1 saturated heterocycles. The Labute approximate surface area is 102 Å². The van der Waals surface area contributed by atoms with Crippen LogP contribution in [-0.4, -0.2) is 30.7 Å². The molecule has 0 aliphatic carbocycles. The summed E-state index contributed by atoms with van der Waals surface area (Å²) >= 11 is 0. The van der Waals surface area contributed by atoms with Crippen molar-refractivity contribution in [2.24, 2.45) is 0 Å². The predicted molar refractivity (Wildman–Crippen MR) is 60.6 cm³/mol. The van der Waals surface area contributed by atoms with Gasteiger partial charge in [0.05, 0.1) is 24.1 Å². The average Bonchev–Trinajstić information content (AvgIpc) is 2.38. The minimum atomic E-state index is -0.877. The Balaban J connectivity index is 2.36. The summed E-state index contributed by atoms with van der Waals surface area (Å²) in [6, 6.07) is 5.87. The lowest BCUT2D eigenvalue weighted by atomic mass is 10.2. The number of ether oxygens (including phenoxy) is 1. The van der Waals surface area contributed by atoms with Crippen molar-refractivity contribution < 1.29 is 14.1 Å². The molecule has 1 aliphatic heterocycles. The van der Waals surface area contributed by atoms with Crippen molar-refractivity contribution in [3.05, 3.63) is 34.1 Å². The van der Waals surface area contributed by atoms with Gasteiger partial charge in [-0.1, -0.05) is 6.07 Å². The topological polar surface area (TPSA) is 79.4 Å². The number of benzene rings is 1. The Bertz CT molecular complexity index is 515. The highest BCUT2D eigenvalue weighted by molar-refractivity contribution is 5.64. The van der Waals surface area contributed by atoms with E-state index in [1.54, 1.807) is 4.90 Å². The summed E-state index contributed by atoms with van der Waals surface area (Å²) < 4.78 is 18.6. The van der Waals surface area contributed by atoms with Crippen LogP contribution in [0.15, 0.2) is 18.2 Å². The Kier molecular flexibility index (Phi) is 3.39. The third-order valence-corrected chi connectivity index (χ3v) is 2.70. The first-order valence-electron chi connectivity index (χ1n) is 5.32. The number of nitro benzene ring substituents is 1. The van der Waals surface area contributed by atoms with Gasteiger partial charge in [-0.05, 0) is 12.1 Å². The number of anilines is 1. The van der Waals surface area contributed by atoms with E-state index in [0.29, 0.717) is 6.54 Å². The summed E-state index contributed by atoms with van der Waals surface area (Å²) in [5.74, 6) is -0.877. The van der Waals surface area contributed by atoms with E-state index in [-0.39, 0.29) is 18.8 Å². The van der Waals surface area contributed by atoms with E-state index in [1.807, 2.05) is 6.07 Å². The minimum Gasteiger partial charge on any atom is -0.360 e. The first-order chi connectivity index (χ1) is 8.63. The lowest BCUT2D eigenvalue weighted by Crippen LogP contribution is -2.42. The molecule has 0 N–H and O–H groups in total. The third-order valence-electron chi connectivity index (χ3n) is 2.70. The summed E-state index contributed by atoms with van der Waals surface area (Å²) in [4.78, 5) is 11.7. The Morgan fingerprint density at radius 3 is 3.06 bits per heavy atom. The first-order valence-corrected chi connectivity index (χ1v) is 5.32. The molecule has 1 heterocycles. The Hall–Kier alpha value is -2.20. The average molecular weight is 251 g/mol. The number of nitro groups is 1. The van der Waals surface area contributed by atoms with Gasteiger partial charge < -0.3 is 9.64 Å². The van der Waals surface area contributed by atoms with E-state index in [9.17, 15) is 14.5 Å². The standard InChI is InChI=1S/C11H10FN3O3/c12-9-2-1-3-10(11(9)15(16)17)14-4-5-18-8(6-13)7-14/h1-3,8H,4-5,7H2.